The van der Waals surface area contributed by atoms with Crippen LogP contribution < -0.4 is 11.2 Å². The average molecular weight is 373 g/mol. The van der Waals surface area contributed by atoms with Crippen molar-refractivity contribution in [3.8, 4) is 0 Å². The summed E-state index contributed by atoms with van der Waals surface area (Å²) in [4.78, 5) is 42.7. The van der Waals surface area contributed by atoms with Gasteiger partial charge in [0.25, 0.3) is 5.56 Å². The molecule has 1 amide bonds. The van der Waals surface area contributed by atoms with Crippen LogP contribution in [0.1, 0.15) is 17.7 Å². The molecule has 1 aliphatic heterocycles. The van der Waals surface area contributed by atoms with Crippen LogP contribution >= 0.6 is 11.6 Å². The Balaban J connectivity index is 1.50. The van der Waals surface area contributed by atoms with Gasteiger partial charge in [-0.3, -0.25) is 14.6 Å². The van der Waals surface area contributed by atoms with Crippen molar-refractivity contribution in [2.45, 2.75) is 25.9 Å². The summed E-state index contributed by atoms with van der Waals surface area (Å²) in [5.41, 5.74) is 2.18. The van der Waals surface area contributed by atoms with Gasteiger partial charge in [0, 0.05) is 61.4 Å². The van der Waals surface area contributed by atoms with E-state index in [0.717, 1.165) is 28.6 Å². The van der Waals surface area contributed by atoms with E-state index < -0.39 is 11.2 Å². The number of nitrogens with one attached hydrogen (secondary N) is 2. The second-order valence-corrected chi connectivity index (χ2v) is 6.77. The summed E-state index contributed by atoms with van der Waals surface area (Å²) in [5, 5.41) is 1.72. The number of hydrogen-bond acceptors (Lipinski definition) is 3. The van der Waals surface area contributed by atoms with E-state index in [1.807, 2.05) is 18.2 Å². The van der Waals surface area contributed by atoms with E-state index in [1.54, 1.807) is 4.90 Å². The monoisotopic (exact) mass is 372 g/mol. The van der Waals surface area contributed by atoms with Gasteiger partial charge >= 0.3 is 5.69 Å². The number of nitrogens with zero attached hydrogens (tertiary/aromatic N) is 2. The molecule has 1 aliphatic rings. The highest BCUT2D eigenvalue weighted by atomic mass is 35.5. The molecule has 2 aromatic heterocycles. The van der Waals surface area contributed by atoms with Crippen LogP contribution in [0.3, 0.4) is 0 Å². The number of H-pyrrole nitrogens is 2. The predicted molar refractivity (Wildman–Crippen MR) is 98.4 cm³/mol. The molecule has 3 aromatic rings. The highest BCUT2D eigenvalue weighted by molar-refractivity contribution is 6.35. The third-order valence-electron chi connectivity index (χ3n) is 4.78. The van der Waals surface area contributed by atoms with E-state index in [4.69, 9.17) is 11.6 Å². The second-order valence-electron chi connectivity index (χ2n) is 6.36. The standard InChI is InChI=1S/C18H17ClN4O3/c19-13-3-1-2-11-12-10-23(7-4-14(12)20-17(11)13)16(25)6-9-22-8-5-15(24)21-18(22)26/h1-3,5,8,20H,4,6-7,9-10H2,(H,21,24,26). The number of fused-ring (bicyclic) bond motifs is 3. The zero-order valence-corrected chi connectivity index (χ0v) is 14.7. The third-order valence-corrected chi connectivity index (χ3v) is 5.09. The van der Waals surface area contributed by atoms with Crippen LogP contribution in [0, 0.1) is 0 Å². The molecule has 0 radical (unpaired) electrons. The number of aromatic nitrogens is 3. The minimum atomic E-state index is -0.502. The van der Waals surface area contributed by atoms with Crippen molar-refractivity contribution < 1.29 is 4.79 Å². The van der Waals surface area contributed by atoms with Gasteiger partial charge in [-0.2, -0.15) is 0 Å². The molecule has 4 rings (SSSR count). The molecule has 0 saturated carbocycles. The number of para-hydroxylation sites is 1. The van der Waals surface area contributed by atoms with E-state index in [1.165, 1.54) is 16.8 Å². The van der Waals surface area contributed by atoms with E-state index in [0.29, 0.717) is 18.1 Å². The SMILES string of the molecule is O=C(CCn1ccc(=O)[nH]c1=O)N1CCc2[nH]c3c(Cl)cccc3c2C1. The molecule has 0 aliphatic carbocycles. The maximum Gasteiger partial charge on any atom is 0.328 e. The van der Waals surface area contributed by atoms with Gasteiger partial charge in [0.05, 0.1) is 10.5 Å². The van der Waals surface area contributed by atoms with Crippen molar-refractivity contribution in [2.75, 3.05) is 6.54 Å². The Morgan fingerprint density at radius 1 is 1.19 bits per heavy atom. The normalized spacial score (nSPS) is 13.8. The second kappa shape index (κ2) is 6.49. The molecule has 0 fully saturated rings. The maximum absolute atomic E-state index is 12.6. The number of aryl methyl sites for hydroxylation is 1. The quantitative estimate of drug-likeness (QED) is 0.732. The molecule has 8 heteroatoms. The lowest BCUT2D eigenvalue weighted by molar-refractivity contribution is -0.132. The van der Waals surface area contributed by atoms with Crippen LogP contribution in [-0.2, 0) is 24.3 Å². The Labute approximate surface area is 153 Å². The first-order valence-corrected chi connectivity index (χ1v) is 8.76. The van der Waals surface area contributed by atoms with E-state index in [2.05, 4.69) is 9.97 Å². The first kappa shape index (κ1) is 16.7. The van der Waals surface area contributed by atoms with Crippen LogP contribution in [0.2, 0.25) is 5.02 Å². The molecule has 26 heavy (non-hydrogen) atoms. The summed E-state index contributed by atoms with van der Waals surface area (Å²) in [7, 11) is 0. The van der Waals surface area contributed by atoms with Gasteiger partial charge in [0.2, 0.25) is 5.91 Å². The van der Waals surface area contributed by atoms with Crippen molar-refractivity contribution in [2.24, 2.45) is 0 Å². The Bertz CT molecular complexity index is 1110. The maximum atomic E-state index is 12.6. The van der Waals surface area contributed by atoms with E-state index in [9.17, 15) is 14.4 Å². The van der Waals surface area contributed by atoms with Gasteiger partial charge in [0.15, 0.2) is 0 Å². The minimum Gasteiger partial charge on any atom is -0.357 e. The van der Waals surface area contributed by atoms with Crippen molar-refractivity contribution in [3.05, 3.63) is 67.6 Å². The number of benzene rings is 1. The topological polar surface area (TPSA) is 91.0 Å². The number of hydrogen-bond donors (Lipinski definition) is 2. The first-order chi connectivity index (χ1) is 12.5. The number of halogens is 1. The Kier molecular flexibility index (Phi) is 4.16. The molecule has 0 spiro atoms. The van der Waals surface area contributed by atoms with Gasteiger partial charge in [-0.15, -0.1) is 0 Å². The number of carbonyl (C=O) groups excluding carboxylic acids is 1. The number of carbonyl (C=O) groups is 1. The molecule has 0 unspecified atom stereocenters. The molecule has 134 valence electrons. The molecule has 0 saturated heterocycles. The number of amides is 1. The summed E-state index contributed by atoms with van der Waals surface area (Å²) in [5.74, 6) is -0.0230. The highest BCUT2D eigenvalue weighted by Gasteiger charge is 2.24. The Hall–Kier alpha value is -2.80. The van der Waals surface area contributed by atoms with Gasteiger partial charge in [-0.05, 0) is 6.07 Å². The fourth-order valence-corrected chi connectivity index (χ4v) is 3.63. The van der Waals surface area contributed by atoms with Crippen LogP contribution in [0.25, 0.3) is 10.9 Å². The van der Waals surface area contributed by atoms with Gasteiger partial charge in [-0.25, -0.2) is 4.79 Å². The van der Waals surface area contributed by atoms with Crippen LogP contribution in [0.15, 0.2) is 40.1 Å². The Morgan fingerprint density at radius 3 is 2.85 bits per heavy atom. The molecule has 1 aromatic carbocycles. The fraction of sp³-hybridized carbons (Fsp3) is 0.278. The zero-order valence-electron chi connectivity index (χ0n) is 13.9. The largest absolute Gasteiger partial charge is 0.357 e. The minimum absolute atomic E-state index is 0.0230. The summed E-state index contributed by atoms with van der Waals surface area (Å²) >= 11 is 6.25. The van der Waals surface area contributed by atoms with Gasteiger partial charge < -0.3 is 14.5 Å². The van der Waals surface area contributed by atoms with Gasteiger partial charge in [0.1, 0.15) is 0 Å². The highest BCUT2D eigenvalue weighted by Crippen LogP contribution is 2.31. The van der Waals surface area contributed by atoms with E-state index in [-0.39, 0.29) is 18.9 Å². The lowest BCUT2D eigenvalue weighted by Gasteiger charge is -2.27. The summed E-state index contributed by atoms with van der Waals surface area (Å²) in [6.45, 7) is 1.38. The molecule has 2 N–H and O–H groups in total. The van der Waals surface area contributed by atoms with Gasteiger partial charge in [-0.1, -0.05) is 23.7 Å². The Morgan fingerprint density at radius 2 is 2.04 bits per heavy atom. The number of rotatable bonds is 3. The summed E-state index contributed by atoms with van der Waals surface area (Å²) in [6, 6.07) is 7.03. The predicted octanol–water partition coefficient (Wildman–Crippen LogP) is 1.65. The molecular formula is C18H17ClN4O3. The van der Waals surface area contributed by atoms with Crippen LogP contribution in [0.5, 0.6) is 0 Å². The van der Waals surface area contributed by atoms with Crippen molar-refractivity contribution >= 4 is 28.4 Å². The van der Waals surface area contributed by atoms with Crippen molar-refractivity contribution in [3.63, 3.8) is 0 Å². The first-order valence-electron chi connectivity index (χ1n) is 8.38. The molecule has 3 heterocycles. The molecule has 0 atom stereocenters. The molecule has 0 bridgehead atoms. The summed E-state index contributed by atoms with van der Waals surface area (Å²) in [6.07, 6.45) is 2.35. The third kappa shape index (κ3) is 2.94. The van der Waals surface area contributed by atoms with Crippen molar-refractivity contribution in [1.82, 2.24) is 19.4 Å². The van der Waals surface area contributed by atoms with Crippen LogP contribution in [-0.4, -0.2) is 31.9 Å². The number of aromatic amines is 2. The average Bonchev–Trinajstić information content (AvgIpc) is 3.00. The van der Waals surface area contributed by atoms with E-state index >= 15 is 0 Å². The fourth-order valence-electron chi connectivity index (χ4n) is 3.41. The summed E-state index contributed by atoms with van der Waals surface area (Å²) < 4.78 is 1.33. The van der Waals surface area contributed by atoms with Crippen LogP contribution in [0.4, 0.5) is 0 Å². The van der Waals surface area contributed by atoms with Crippen molar-refractivity contribution in [1.29, 1.82) is 0 Å². The smallest absolute Gasteiger partial charge is 0.328 e. The lowest BCUT2D eigenvalue weighted by Crippen LogP contribution is -2.37. The lowest BCUT2D eigenvalue weighted by atomic mass is 10.0. The molecular weight excluding hydrogens is 356 g/mol. The zero-order chi connectivity index (χ0) is 18.3. The molecule has 7 nitrogen and oxygen atoms in total.